The molecule has 0 saturated heterocycles. The van der Waals surface area contributed by atoms with Gasteiger partial charge < -0.3 is 15.2 Å². The van der Waals surface area contributed by atoms with Crippen LogP contribution in [0, 0.1) is 0 Å². The molecule has 0 aliphatic carbocycles. The molecule has 0 aromatic heterocycles. The lowest BCUT2D eigenvalue weighted by molar-refractivity contribution is 0.0698. The Balaban J connectivity index is 2.26. The van der Waals surface area contributed by atoms with Gasteiger partial charge in [-0.2, -0.15) is 0 Å². The van der Waals surface area contributed by atoms with Crippen LogP contribution in [0.5, 0.6) is 0 Å². The summed E-state index contributed by atoms with van der Waals surface area (Å²) in [4.78, 5) is 11.1. The first-order chi connectivity index (χ1) is 9.20. The summed E-state index contributed by atoms with van der Waals surface area (Å²) in [5.41, 5.74) is 2.69. The third-order valence-corrected chi connectivity index (χ3v) is 2.67. The smallest absolute Gasteiger partial charge is 0.337 e. The number of nitrogens with one attached hydrogen (secondary N) is 1. The molecular weight excluding hydrogens is 242 g/mol. The first kappa shape index (κ1) is 13.1. The van der Waals surface area contributed by atoms with Crippen molar-refractivity contribution in [3.8, 4) is 0 Å². The second-order valence-electron chi connectivity index (χ2n) is 4.11. The maximum atomic E-state index is 11.1. The fourth-order valence-electron chi connectivity index (χ4n) is 1.84. The summed E-state index contributed by atoms with van der Waals surface area (Å²) in [6, 6.07) is 14.5. The summed E-state index contributed by atoms with van der Waals surface area (Å²) < 4.78 is 5.07. The van der Waals surface area contributed by atoms with Crippen LogP contribution in [0.4, 0.5) is 11.4 Å². The highest BCUT2D eigenvalue weighted by Crippen LogP contribution is 2.21. The van der Waals surface area contributed by atoms with Crippen molar-refractivity contribution in [1.82, 2.24) is 0 Å². The molecule has 4 heteroatoms. The van der Waals surface area contributed by atoms with Crippen LogP contribution < -0.4 is 5.32 Å². The number of anilines is 2. The summed E-state index contributed by atoms with van der Waals surface area (Å²) in [5, 5.41) is 12.2. The quantitative estimate of drug-likeness (QED) is 0.863. The van der Waals surface area contributed by atoms with Gasteiger partial charge in [-0.1, -0.05) is 24.3 Å². The van der Waals surface area contributed by atoms with Gasteiger partial charge in [-0.25, -0.2) is 4.79 Å². The third kappa shape index (κ3) is 3.33. The monoisotopic (exact) mass is 257 g/mol. The van der Waals surface area contributed by atoms with Gasteiger partial charge in [0.05, 0.1) is 17.9 Å². The van der Waals surface area contributed by atoms with E-state index in [0.717, 1.165) is 11.3 Å². The van der Waals surface area contributed by atoms with Crippen molar-refractivity contribution < 1.29 is 14.6 Å². The molecule has 0 spiro atoms. The van der Waals surface area contributed by atoms with Gasteiger partial charge in [0.15, 0.2) is 0 Å². The number of para-hydroxylation sites is 1. The van der Waals surface area contributed by atoms with Gasteiger partial charge >= 0.3 is 5.97 Å². The molecule has 0 bridgehead atoms. The number of carboxylic acids is 1. The van der Waals surface area contributed by atoms with E-state index < -0.39 is 5.97 Å². The topological polar surface area (TPSA) is 58.6 Å². The van der Waals surface area contributed by atoms with E-state index >= 15 is 0 Å². The zero-order valence-corrected chi connectivity index (χ0v) is 10.6. The number of hydrogen-bond acceptors (Lipinski definition) is 3. The van der Waals surface area contributed by atoms with Crippen molar-refractivity contribution in [2.75, 3.05) is 12.4 Å². The minimum Gasteiger partial charge on any atom is -0.478 e. The van der Waals surface area contributed by atoms with E-state index in [2.05, 4.69) is 5.32 Å². The Bertz CT molecular complexity index is 581. The van der Waals surface area contributed by atoms with Crippen molar-refractivity contribution in [2.24, 2.45) is 0 Å². The molecule has 98 valence electrons. The number of benzene rings is 2. The van der Waals surface area contributed by atoms with Gasteiger partial charge in [-0.15, -0.1) is 0 Å². The fourth-order valence-corrected chi connectivity index (χ4v) is 1.84. The Hall–Kier alpha value is -2.33. The van der Waals surface area contributed by atoms with Crippen LogP contribution in [0.15, 0.2) is 48.5 Å². The van der Waals surface area contributed by atoms with Gasteiger partial charge in [-0.05, 0) is 29.8 Å². The van der Waals surface area contributed by atoms with Gasteiger partial charge in [-0.3, -0.25) is 0 Å². The summed E-state index contributed by atoms with van der Waals surface area (Å²) in [5.74, 6) is -0.948. The predicted molar refractivity (Wildman–Crippen MR) is 73.8 cm³/mol. The molecule has 0 amide bonds. The minimum atomic E-state index is -0.948. The Morgan fingerprint density at radius 1 is 1.21 bits per heavy atom. The maximum absolute atomic E-state index is 11.1. The van der Waals surface area contributed by atoms with Crippen molar-refractivity contribution >= 4 is 17.3 Å². The average Bonchev–Trinajstić information content (AvgIpc) is 2.40. The number of aromatic carboxylic acids is 1. The van der Waals surface area contributed by atoms with Crippen molar-refractivity contribution in [1.29, 1.82) is 0 Å². The van der Waals surface area contributed by atoms with E-state index in [0.29, 0.717) is 12.3 Å². The number of carboxylic acid groups (broad SMARTS) is 1. The van der Waals surface area contributed by atoms with Crippen molar-refractivity contribution in [2.45, 2.75) is 6.61 Å². The molecule has 0 heterocycles. The maximum Gasteiger partial charge on any atom is 0.337 e. The summed E-state index contributed by atoms with van der Waals surface area (Å²) >= 11 is 0. The second kappa shape index (κ2) is 6.02. The molecule has 0 fully saturated rings. The SMILES string of the molecule is COCc1cccc(Nc2ccccc2C(=O)O)c1. The van der Waals surface area contributed by atoms with Crippen LogP contribution >= 0.6 is 0 Å². The van der Waals surface area contributed by atoms with E-state index in [9.17, 15) is 4.79 Å². The standard InChI is InChI=1S/C15H15NO3/c1-19-10-11-5-4-6-12(9-11)16-14-8-3-2-7-13(14)15(17)18/h2-9,16H,10H2,1H3,(H,17,18). The van der Waals surface area contributed by atoms with Gasteiger partial charge in [0.25, 0.3) is 0 Å². The van der Waals surface area contributed by atoms with E-state index in [1.165, 1.54) is 0 Å². The Morgan fingerprint density at radius 3 is 2.74 bits per heavy atom. The Labute approximate surface area is 111 Å². The Morgan fingerprint density at radius 2 is 2.00 bits per heavy atom. The van der Waals surface area contributed by atoms with Crippen LogP contribution in [0.3, 0.4) is 0 Å². The highest BCUT2D eigenvalue weighted by molar-refractivity contribution is 5.95. The highest BCUT2D eigenvalue weighted by atomic mass is 16.5. The van der Waals surface area contributed by atoms with Crippen molar-refractivity contribution in [3.05, 3.63) is 59.7 Å². The molecule has 0 aliphatic rings. The van der Waals surface area contributed by atoms with Gasteiger partial charge in [0, 0.05) is 12.8 Å². The molecule has 2 aromatic rings. The number of carbonyl (C=O) groups is 1. The first-order valence-corrected chi connectivity index (χ1v) is 5.88. The van der Waals surface area contributed by atoms with E-state index in [-0.39, 0.29) is 5.56 Å². The summed E-state index contributed by atoms with van der Waals surface area (Å²) in [6.45, 7) is 0.524. The lowest BCUT2D eigenvalue weighted by atomic mass is 10.1. The number of methoxy groups -OCH3 is 1. The molecule has 4 nitrogen and oxygen atoms in total. The average molecular weight is 257 g/mol. The minimum absolute atomic E-state index is 0.250. The zero-order chi connectivity index (χ0) is 13.7. The normalized spacial score (nSPS) is 10.2. The Kier molecular flexibility index (Phi) is 4.15. The molecule has 0 aliphatic heterocycles. The fraction of sp³-hybridized carbons (Fsp3) is 0.133. The van der Waals surface area contributed by atoms with Crippen LogP contribution in [0.2, 0.25) is 0 Å². The van der Waals surface area contributed by atoms with Crippen LogP contribution in [0.1, 0.15) is 15.9 Å². The lowest BCUT2D eigenvalue weighted by Gasteiger charge is -2.10. The molecule has 0 atom stereocenters. The predicted octanol–water partition coefficient (Wildman–Crippen LogP) is 3.27. The number of rotatable bonds is 5. The summed E-state index contributed by atoms with van der Waals surface area (Å²) in [6.07, 6.45) is 0. The molecule has 0 saturated carbocycles. The lowest BCUT2D eigenvalue weighted by Crippen LogP contribution is -2.02. The van der Waals surface area contributed by atoms with Crippen molar-refractivity contribution in [3.63, 3.8) is 0 Å². The van der Waals surface area contributed by atoms with E-state index in [1.807, 2.05) is 24.3 Å². The summed E-state index contributed by atoms with van der Waals surface area (Å²) in [7, 11) is 1.64. The molecule has 0 unspecified atom stereocenters. The van der Waals surface area contributed by atoms with Gasteiger partial charge in [0.1, 0.15) is 0 Å². The first-order valence-electron chi connectivity index (χ1n) is 5.88. The van der Waals surface area contributed by atoms with E-state index in [4.69, 9.17) is 9.84 Å². The molecule has 2 rings (SSSR count). The molecule has 2 aromatic carbocycles. The molecule has 19 heavy (non-hydrogen) atoms. The second-order valence-corrected chi connectivity index (χ2v) is 4.11. The molecule has 2 N–H and O–H groups in total. The van der Waals surface area contributed by atoms with Crippen LogP contribution in [-0.2, 0) is 11.3 Å². The molecular formula is C15H15NO3. The van der Waals surface area contributed by atoms with Gasteiger partial charge in [0.2, 0.25) is 0 Å². The zero-order valence-electron chi connectivity index (χ0n) is 10.6. The van der Waals surface area contributed by atoms with Crippen LogP contribution in [0.25, 0.3) is 0 Å². The van der Waals surface area contributed by atoms with E-state index in [1.54, 1.807) is 31.4 Å². The van der Waals surface area contributed by atoms with Crippen LogP contribution in [-0.4, -0.2) is 18.2 Å². The largest absolute Gasteiger partial charge is 0.478 e. The number of ether oxygens (including phenoxy) is 1. The number of hydrogen-bond donors (Lipinski definition) is 2. The highest BCUT2D eigenvalue weighted by Gasteiger charge is 2.08. The third-order valence-electron chi connectivity index (χ3n) is 2.67. The molecule has 0 radical (unpaired) electrons.